The fraction of sp³-hybridized carbons (Fsp3) is 0.500. The normalized spacial score (nSPS) is 15.4. The highest BCUT2D eigenvalue weighted by Crippen LogP contribution is 2.36. The molecule has 1 saturated carbocycles. The molecule has 0 radical (unpaired) electrons. The van der Waals surface area contributed by atoms with E-state index < -0.39 is 45.9 Å². The van der Waals surface area contributed by atoms with E-state index in [4.69, 9.17) is 11.6 Å². The van der Waals surface area contributed by atoms with E-state index in [2.05, 4.69) is 5.32 Å². The molecule has 1 fully saturated rings. The third kappa shape index (κ3) is 8.13. The first kappa shape index (κ1) is 31.7. The number of carbonyl (C=O) groups is 2. The van der Waals surface area contributed by atoms with Crippen molar-refractivity contribution in [3.63, 3.8) is 0 Å². The fourth-order valence-corrected chi connectivity index (χ4v) is 6.03. The summed E-state index contributed by atoms with van der Waals surface area (Å²) >= 11 is 6.15. The van der Waals surface area contributed by atoms with Gasteiger partial charge in [-0.1, -0.05) is 62.1 Å². The molecule has 2 amide bonds. The summed E-state index contributed by atoms with van der Waals surface area (Å²) in [5.41, 5.74) is 0.0393. The van der Waals surface area contributed by atoms with Gasteiger partial charge >= 0.3 is 6.18 Å². The lowest BCUT2D eigenvalue weighted by Crippen LogP contribution is -2.54. The van der Waals surface area contributed by atoms with Crippen molar-refractivity contribution >= 4 is 39.1 Å². The van der Waals surface area contributed by atoms with E-state index in [1.165, 1.54) is 4.90 Å². The molecule has 1 aliphatic carbocycles. The molecule has 3 rings (SSSR count). The molecule has 2 aromatic rings. The first-order chi connectivity index (χ1) is 18.7. The Morgan fingerprint density at radius 3 is 2.33 bits per heavy atom. The highest BCUT2D eigenvalue weighted by atomic mass is 35.5. The third-order valence-corrected chi connectivity index (χ3v) is 8.61. The summed E-state index contributed by atoms with van der Waals surface area (Å²) < 4.78 is 66.4. The van der Waals surface area contributed by atoms with Crippen molar-refractivity contribution in [3.8, 4) is 0 Å². The Hall–Kier alpha value is -2.79. The number of hydrogen-bond acceptors (Lipinski definition) is 4. The summed E-state index contributed by atoms with van der Waals surface area (Å²) in [5, 5.41) is 2.78. The van der Waals surface area contributed by atoms with E-state index in [1.54, 1.807) is 19.1 Å². The summed E-state index contributed by atoms with van der Waals surface area (Å²) in [5.74, 6) is -1.09. The molecule has 1 aliphatic rings. The van der Waals surface area contributed by atoms with Gasteiger partial charge in [-0.15, -0.1) is 0 Å². The van der Waals surface area contributed by atoms with E-state index in [1.807, 2.05) is 19.1 Å². The van der Waals surface area contributed by atoms with E-state index in [-0.39, 0.29) is 29.9 Å². The molecule has 0 heterocycles. The molecule has 1 unspecified atom stereocenters. The van der Waals surface area contributed by atoms with Crippen LogP contribution in [0.2, 0.25) is 5.02 Å². The van der Waals surface area contributed by atoms with Gasteiger partial charge in [0.1, 0.15) is 12.6 Å². The highest BCUT2D eigenvalue weighted by Gasteiger charge is 2.35. The summed E-state index contributed by atoms with van der Waals surface area (Å²) in [4.78, 5) is 28.6. The maximum Gasteiger partial charge on any atom is 0.416 e. The average molecular weight is 602 g/mol. The van der Waals surface area contributed by atoms with Gasteiger partial charge in [0.2, 0.25) is 21.8 Å². The first-order valence-electron chi connectivity index (χ1n) is 13.2. The predicted molar refractivity (Wildman–Crippen MR) is 149 cm³/mol. The van der Waals surface area contributed by atoms with Crippen LogP contribution in [0.5, 0.6) is 0 Å². The number of carbonyl (C=O) groups excluding carboxylic acids is 2. The van der Waals surface area contributed by atoms with Gasteiger partial charge in [0, 0.05) is 12.6 Å². The van der Waals surface area contributed by atoms with Crippen molar-refractivity contribution in [1.82, 2.24) is 10.2 Å². The highest BCUT2D eigenvalue weighted by molar-refractivity contribution is 7.92. The summed E-state index contributed by atoms with van der Waals surface area (Å²) in [6, 6.07) is 8.63. The maximum absolute atomic E-state index is 13.9. The number of aryl methyl sites for hydroxylation is 1. The number of sulfonamides is 1. The number of nitrogens with one attached hydrogen (secondary N) is 1. The number of alkyl halides is 3. The topological polar surface area (TPSA) is 86.8 Å². The van der Waals surface area contributed by atoms with Crippen LogP contribution >= 0.6 is 11.6 Å². The lowest BCUT2D eigenvalue weighted by molar-refractivity contribution is -0.140. The molecule has 220 valence electrons. The van der Waals surface area contributed by atoms with Crippen LogP contribution in [0.25, 0.3) is 0 Å². The second-order valence-corrected chi connectivity index (χ2v) is 12.5. The van der Waals surface area contributed by atoms with Gasteiger partial charge in [-0.2, -0.15) is 13.2 Å². The quantitative estimate of drug-likeness (QED) is 0.379. The Bertz CT molecular complexity index is 1310. The second kappa shape index (κ2) is 13.2. The van der Waals surface area contributed by atoms with Crippen LogP contribution in [0.1, 0.15) is 62.1 Å². The van der Waals surface area contributed by atoms with Crippen molar-refractivity contribution < 1.29 is 31.2 Å². The van der Waals surface area contributed by atoms with E-state index in [0.29, 0.717) is 10.4 Å². The Labute approximate surface area is 238 Å². The van der Waals surface area contributed by atoms with Crippen LogP contribution in [-0.2, 0) is 32.3 Å². The predicted octanol–water partition coefficient (Wildman–Crippen LogP) is 5.69. The zero-order chi connectivity index (χ0) is 29.7. The van der Waals surface area contributed by atoms with Crippen LogP contribution in [0.15, 0.2) is 42.5 Å². The van der Waals surface area contributed by atoms with Crippen molar-refractivity contribution in [2.75, 3.05) is 17.1 Å². The Morgan fingerprint density at radius 1 is 1.10 bits per heavy atom. The smallest absolute Gasteiger partial charge is 0.352 e. The third-order valence-electron chi connectivity index (χ3n) is 7.16. The van der Waals surface area contributed by atoms with Crippen LogP contribution < -0.4 is 9.62 Å². The SMILES string of the molecule is CCC(C(=O)NC1CCCCC1)N(Cc1ccccc1C)C(=O)CN(c1cc(C(F)(F)F)ccc1Cl)S(C)(=O)=O. The zero-order valence-electron chi connectivity index (χ0n) is 22.8. The zero-order valence-corrected chi connectivity index (χ0v) is 24.4. The van der Waals surface area contributed by atoms with Crippen molar-refractivity contribution in [1.29, 1.82) is 0 Å². The van der Waals surface area contributed by atoms with Gasteiger partial charge in [0.25, 0.3) is 0 Å². The molecule has 12 heteroatoms. The first-order valence-corrected chi connectivity index (χ1v) is 15.4. The fourth-order valence-electron chi connectivity index (χ4n) is 4.91. The molecule has 0 saturated heterocycles. The van der Waals surface area contributed by atoms with E-state index in [9.17, 15) is 31.2 Å². The Morgan fingerprint density at radius 2 is 1.75 bits per heavy atom. The number of nitrogens with zero attached hydrogens (tertiary/aromatic N) is 2. The molecule has 0 aromatic heterocycles. The van der Waals surface area contributed by atoms with E-state index >= 15 is 0 Å². The minimum absolute atomic E-state index is 0.00995. The number of halogens is 4. The van der Waals surface area contributed by atoms with Crippen LogP contribution in [0.3, 0.4) is 0 Å². The molecule has 1 N–H and O–H groups in total. The molecular formula is C28H35ClF3N3O4S. The molecule has 0 spiro atoms. The van der Waals surface area contributed by atoms with Gasteiger partial charge in [-0.3, -0.25) is 13.9 Å². The standard InChI is InChI=1S/C28H35ClF3N3O4S/c1-4-24(27(37)33-22-12-6-5-7-13-22)34(17-20-11-9-8-10-19(20)2)26(36)18-35(40(3,38)39)25-16-21(28(30,31)32)14-15-23(25)29/h8-11,14-16,22,24H,4-7,12-13,17-18H2,1-3H3,(H,33,37). The average Bonchev–Trinajstić information content (AvgIpc) is 2.88. The minimum Gasteiger partial charge on any atom is -0.352 e. The summed E-state index contributed by atoms with van der Waals surface area (Å²) in [6.07, 6.45) is 1.04. The van der Waals surface area contributed by atoms with E-state index in [0.717, 1.165) is 61.6 Å². The Balaban J connectivity index is 2.00. The summed E-state index contributed by atoms with van der Waals surface area (Å²) in [6.45, 7) is 2.78. The second-order valence-electron chi connectivity index (χ2n) is 10.1. The molecular weight excluding hydrogens is 567 g/mol. The number of hydrogen-bond donors (Lipinski definition) is 1. The Kier molecular flexibility index (Phi) is 10.5. The number of benzene rings is 2. The molecule has 1 atom stereocenters. The van der Waals surface area contributed by atoms with Crippen molar-refractivity contribution in [2.45, 2.75) is 77.2 Å². The van der Waals surface area contributed by atoms with Crippen molar-refractivity contribution in [2.24, 2.45) is 0 Å². The van der Waals surface area contributed by atoms with Gasteiger partial charge < -0.3 is 10.2 Å². The lowest BCUT2D eigenvalue weighted by Gasteiger charge is -2.34. The van der Waals surface area contributed by atoms with Crippen LogP contribution in [0.4, 0.5) is 18.9 Å². The number of rotatable bonds is 10. The number of anilines is 1. The van der Waals surface area contributed by atoms with Gasteiger partial charge in [0.15, 0.2) is 0 Å². The van der Waals surface area contributed by atoms with Crippen LogP contribution in [0, 0.1) is 6.92 Å². The monoisotopic (exact) mass is 601 g/mol. The van der Waals surface area contributed by atoms with Crippen LogP contribution in [-0.4, -0.2) is 50.0 Å². The molecule has 2 aromatic carbocycles. The lowest BCUT2D eigenvalue weighted by atomic mass is 9.95. The maximum atomic E-state index is 13.9. The minimum atomic E-state index is -4.76. The molecule has 7 nitrogen and oxygen atoms in total. The molecule has 0 aliphatic heterocycles. The van der Waals surface area contributed by atoms with Gasteiger partial charge in [-0.05, 0) is 55.5 Å². The molecule has 0 bridgehead atoms. The van der Waals surface area contributed by atoms with Gasteiger partial charge in [0.05, 0.1) is 22.5 Å². The largest absolute Gasteiger partial charge is 0.416 e. The molecule has 40 heavy (non-hydrogen) atoms. The van der Waals surface area contributed by atoms with Crippen molar-refractivity contribution in [3.05, 3.63) is 64.2 Å². The van der Waals surface area contributed by atoms with Gasteiger partial charge in [-0.25, -0.2) is 8.42 Å². The summed E-state index contributed by atoms with van der Waals surface area (Å²) in [7, 11) is -4.25. The number of amides is 2.